The maximum atomic E-state index is 13.2. The van der Waals surface area contributed by atoms with Crippen molar-refractivity contribution in [3.05, 3.63) is 121 Å². The van der Waals surface area contributed by atoms with E-state index < -0.39 is 19.9 Å². The van der Waals surface area contributed by atoms with E-state index in [1.54, 1.807) is 6.20 Å². The van der Waals surface area contributed by atoms with E-state index in [4.69, 9.17) is 0 Å². The van der Waals surface area contributed by atoms with E-state index in [0.29, 0.717) is 5.69 Å². The van der Waals surface area contributed by atoms with Crippen LogP contribution in [0.4, 0.5) is 13.2 Å². The highest BCUT2D eigenvalue weighted by molar-refractivity contribution is 7.19. The van der Waals surface area contributed by atoms with Gasteiger partial charge in [0.1, 0.15) is 11.4 Å². The van der Waals surface area contributed by atoms with Gasteiger partial charge in [0.05, 0.1) is 5.69 Å². The molecule has 168 valence electrons. The minimum atomic E-state index is -4.50. The van der Waals surface area contributed by atoms with E-state index in [2.05, 4.69) is 51.6 Å². The Morgan fingerprint density at radius 2 is 1.09 bits per heavy atom. The average Bonchev–Trinajstić information content (AvgIpc) is 3.38. The van der Waals surface area contributed by atoms with Crippen molar-refractivity contribution in [2.45, 2.75) is 6.18 Å². The van der Waals surface area contributed by atoms with Crippen LogP contribution in [-0.4, -0.2) is 23.3 Å². The lowest BCUT2D eigenvalue weighted by Gasteiger charge is -2.34. The molecule has 0 saturated heterocycles. The molecule has 0 saturated carbocycles. The molecule has 0 bridgehead atoms. The summed E-state index contributed by atoms with van der Waals surface area (Å²) in [7, 11) is -2.79. The number of aromatic amines is 1. The van der Waals surface area contributed by atoms with Gasteiger partial charge in [-0.1, -0.05) is 91.0 Å². The number of alkyl halides is 3. The highest BCUT2D eigenvalue weighted by atomic mass is 28.3. The summed E-state index contributed by atoms with van der Waals surface area (Å²) in [5, 5.41) is 10.5. The van der Waals surface area contributed by atoms with Crippen LogP contribution in [0.15, 0.2) is 115 Å². The fourth-order valence-corrected chi connectivity index (χ4v) is 9.22. The molecule has 5 aromatic rings. The quantitative estimate of drug-likeness (QED) is 0.312. The number of nitrogens with one attached hydrogen (secondary N) is 1. The van der Waals surface area contributed by atoms with Crippen molar-refractivity contribution in [1.82, 2.24) is 15.2 Å². The van der Waals surface area contributed by atoms with Gasteiger partial charge in [0, 0.05) is 6.20 Å². The number of benzene rings is 3. The Morgan fingerprint density at radius 3 is 1.53 bits per heavy atom. The first-order valence-electron chi connectivity index (χ1n) is 10.8. The van der Waals surface area contributed by atoms with Crippen LogP contribution in [0.3, 0.4) is 0 Å². The van der Waals surface area contributed by atoms with E-state index in [1.165, 1.54) is 15.6 Å². The molecule has 0 spiro atoms. The largest absolute Gasteiger partial charge is 0.432 e. The molecule has 0 fully saturated rings. The lowest BCUT2D eigenvalue weighted by molar-refractivity contribution is -0.141. The number of hydrogen-bond donors (Lipinski definition) is 1. The van der Waals surface area contributed by atoms with Crippen molar-refractivity contribution in [2.75, 3.05) is 0 Å². The monoisotopic (exact) mass is 471 g/mol. The summed E-state index contributed by atoms with van der Waals surface area (Å²) in [6.45, 7) is 0. The molecule has 2 heterocycles. The molecular formula is C27H20F3N3Si. The third-order valence-electron chi connectivity index (χ3n) is 5.96. The molecule has 2 aromatic heterocycles. The van der Waals surface area contributed by atoms with Gasteiger partial charge in [0.2, 0.25) is 0 Å². The molecular weight excluding hydrogens is 451 g/mol. The van der Waals surface area contributed by atoms with Gasteiger partial charge >= 0.3 is 6.18 Å². The Morgan fingerprint density at radius 1 is 0.588 bits per heavy atom. The molecule has 0 aliphatic heterocycles. The standard InChI is InChI=1S/C27H20F3N3Si/c28-27(29,30)26-19-25(32-33-26)24-18-23(16-17-31-24)34(20-10-4-1-5-11-20,21-12-6-2-7-13-21)22-14-8-3-9-15-22/h1-19H,(H,32,33). The predicted octanol–water partition coefficient (Wildman–Crippen LogP) is 3.87. The topological polar surface area (TPSA) is 41.6 Å². The second kappa shape index (κ2) is 8.76. The van der Waals surface area contributed by atoms with Crippen LogP contribution in [0.2, 0.25) is 0 Å². The molecule has 0 atom stereocenters. The van der Waals surface area contributed by atoms with Crippen LogP contribution in [0.1, 0.15) is 5.69 Å². The van der Waals surface area contributed by atoms with Crippen LogP contribution in [0, 0.1) is 0 Å². The summed E-state index contributed by atoms with van der Waals surface area (Å²) in [6.07, 6.45) is -2.84. The molecule has 1 N–H and O–H groups in total. The maximum Gasteiger partial charge on any atom is 0.432 e. The van der Waals surface area contributed by atoms with Crippen molar-refractivity contribution >= 4 is 28.8 Å². The SMILES string of the molecule is FC(F)(F)c1cc(-c2cc([Si](c3ccccc3)(c3ccccc3)c3ccccc3)ccn2)n[nH]1. The summed E-state index contributed by atoms with van der Waals surface area (Å²) in [4.78, 5) is 4.37. The van der Waals surface area contributed by atoms with Gasteiger partial charge < -0.3 is 0 Å². The molecule has 0 radical (unpaired) electrons. The first-order chi connectivity index (χ1) is 16.5. The summed E-state index contributed by atoms with van der Waals surface area (Å²) < 4.78 is 39.5. The minimum Gasteiger partial charge on any atom is -0.273 e. The Hall–Kier alpha value is -3.97. The van der Waals surface area contributed by atoms with Gasteiger partial charge in [0.15, 0.2) is 8.07 Å². The molecule has 0 aliphatic carbocycles. The van der Waals surface area contributed by atoms with Crippen molar-refractivity contribution in [2.24, 2.45) is 0 Å². The third-order valence-corrected chi connectivity index (χ3v) is 10.7. The van der Waals surface area contributed by atoms with E-state index in [1.807, 2.05) is 66.7 Å². The smallest absolute Gasteiger partial charge is 0.273 e. The van der Waals surface area contributed by atoms with Crippen molar-refractivity contribution in [3.8, 4) is 11.4 Å². The maximum absolute atomic E-state index is 13.2. The highest BCUT2D eigenvalue weighted by Gasteiger charge is 2.41. The van der Waals surface area contributed by atoms with Crippen LogP contribution in [-0.2, 0) is 6.18 Å². The molecule has 34 heavy (non-hydrogen) atoms. The van der Waals surface area contributed by atoms with Gasteiger partial charge in [0.25, 0.3) is 0 Å². The minimum absolute atomic E-state index is 0.159. The van der Waals surface area contributed by atoms with E-state index in [0.717, 1.165) is 11.3 Å². The van der Waals surface area contributed by atoms with Gasteiger partial charge in [-0.3, -0.25) is 10.1 Å². The predicted molar refractivity (Wildman–Crippen MR) is 130 cm³/mol. The first kappa shape index (κ1) is 21.9. The normalized spacial score (nSPS) is 12.0. The zero-order valence-corrected chi connectivity index (χ0v) is 19.0. The fourth-order valence-electron chi connectivity index (χ4n) is 4.47. The Bertz CT molecular complexity index is 1290. The fraction of sp³-hybridized carbons (Fsp3) is 0.0370. The molecule has 5 rings (SSSR count). The summed E-state index contributed by atoms with van der Waals surface area (Å²) in [5.74, 6) is 0. The Balaban J connectivity index is 1.79. The second-order valence-corrected chi connectivity index (χ2v) is 11.8. The molecule has 3 aromatic carbocycles. The summed E-state index contributed by atoms with van der Waals surface area (Å²) >= 11 is 0. The van der Waals surface area contributed by atoms with Crippen LogP contribution >= 0.6 is 0 Å². The number of rotatable bonds is 5. The Kier molecular flexibility index (Phi) is 5.63. The lowest BCUT2D eigenvalue weighted by atomic mass is 10.2. The van der Waals surface area contributed by atoms with Crippen molar-refractivity contribution in [1.29, 1.82) is 0 Å². The summed E-state index contributed by atoms with van der Waals surface area (Å²) in [6, 6.07) is 35.7. The molecule has 0 amide bonds. The Labute approximate surface area is 196 Å². The lowest BCUT2D eigenvalue weighted by Crippen LogP contribution is -2.74. The summed E-state index contributed by atoms with van der Waals surface area (Å²) in [5.41, 5.74) is -0.345. The molecule has 7 heteroatoms. The molecule has 0 unspecified atom stereocenters. The zero-order chi connectivity index (χ0) is 23.6. The van der Waals surface area contributed by atoms with Gasteiger partial charge in [-0.2, -0.15) is 18.3 Å². The number of pyridine rings is 1. The number of hydrogen-bond acceptors (Lipinski definition) is 2. The van der Waals surface area contributed by atoms with Crippen molar-refractivity contribution < 1.29 is 13.2 Å². The number of aromatic nitrogens is 3. The van der Waals surface area contributed by atoms with Gasteiger partial charge in [-0.05, 0) is 38.9 Å². The highest BCUT2D eigenvalue weighted by Crippen LogP contribution is 2.29. The van der Waals surface area contributed by atoms with Gasteiger partial charge in [-0.15, -0.1) is 0 Å². The third kappa shape index (κ3) is 3.84. The van der Waals surface area contributed by atoms with Crippen LogP contribution < -0.4 is 20.7 Å². The van der Waals surface area contributed by atoms with Crippen LogP contribution in [0.25, 0.3) is 11.4 Å². The van der Waals surface area contributed by atoms with Crippen molar-refractivity contribution in [3.63, 3.8) is 0 Å². The zero-order valence-electron chi connectivity index (χ0n) is 18.0. The number of nitrogens with zero attached hydrogens (tertiary/aromatic N) is 2. The van der Waals surface area contributed by atoms with E-state index in [9.17, 15) is 13.2 Å². The molecule has 0 aliphatic rings. The first-order valence-corrected chi connectivity index (χ1v) is 12.8. The van der Waals surface area contributed by atoms with E-state index >= 15 is 0 Å². The van der Waals surface area contributed by atoms with Gasteiger partial charge in [-0.25, -0.2) is 0 Å². The van der Waals surface area contributed by atoms with Crippen LogP contribution in [0.5, 0.6) is 0 Å². The number of H-pyrrole nitrogens is 1. The number of halogens is 3. The second-order valence-electron chi connectivity index (χ2n) is 7.94. The average molecular weight is 472 g/mol. The molecule has 3 nitrogen and oxygen atoms in total. The van der Waals surface area contributed by atoms with E-state index in [-0.39, 0.29) is 5.69 Å².